The van der Waals surface area contributed by atoms with Crippen molar-refractivity contribution < 1.29 is 24.2 Å². The largest absolute Gasteiger partial charge is 0.462 e. The summed E-state index contributed by atoms with van der Waals surface area (Å²) >= 11 is 0. The predicted molar refractivity (Wildman–Crippen MR) is 214 cm³/mol. The van der Waals surface area contributed by atoms with E-state index in [2.05, 4.69) is 111 Å². The molecule has 0 rings (SSSR count). The molecule has 0 aliphatic heterocycles. The number of carbonyl (C=O) groups excluding carboxylic acids is 2. The average Bonchev–Trinajstić information content (AvgIpc) is 3.12. The quantitative estimate of drug-likeness (QED) is 0.0413. The third-order valence-corrected chi connectivity index (χ3v) is 7.86. The zero-order valence-electron chi connectivity index (χ0n) is 31.9. The van der Waals surface area contributed by atoms with Gasteiger partial charge in [-0.15, -0.1) is 0 Å². The zero-order valence-corrected chi connectivity index (χ0v) is 31.9. The molecule has 1 N–H and O–H groups in total. The Hall–Kier alpha value is -3.18. The Kier molecular flexibility index (Phi) is 37.7. The van der Waals surface area contributed by atoms with E-state index >= 15 is 0 Å². The van der Waals surface area contributed by atoms with E-state index in [-0.39, 0.29) is 31.6 Å². The highest BCUT2D eigenvalue weighted by Crippen LogP contribution is 2.10. The minimum absolute atomic E-state index is 0.0995. The summed E-state index contributed by atoms with van der Waals surface area (Å²) in [5.41, 5.74) is 0. The summed E-state index contributed by atoms with van der Waals surface area (Å²) < 4.78 is 10.5. The van der Waals surface area contributed by atoms with Crippen molar-refractivity contribution in [3.8, 4) is 0 Å². The zero-order chi connectivity index (χ0) is 36.4. The van der Waals surface area contributed by atoms with E-state index in [9.17, 15) is 14.7 Å². The molecule has 5 nitrogen and oxygen atoms in total. The first kappa shape index (κ1) is 46.8. The van der Waals surface area contributed by atoms with Crippen LogP contribution in [0.5, 0.6) is 0 Å². The van der Waals surface area contributed by atoms with Crippen molar-refractivity contribution in [2.24, 2.45) is 0 Å². The van der Waals surface area contributed by atoms with Gasteiger partial charge in [0.25, 0.3) is 0 Å². The third-order valence-electron chi connectivity index (χ3n) is 7.86. The second-order valence-electron chi connectivity index (χ2n) is 12.6. The maximum atomic E-state index is 12.2. The van der Waals surface area contributed by atoms with Gasteiger partial charge in [-0.2, -0.15) is 0 Å². The Morgan fingerprint density at radius 1 is 0.480 bits per heavy atom. The number of rotatable bonds is 34. The fraction of sp³-hybridized carbons (Fsp3) is 0.600. The van der Waals surface area contributed by atoms with E-state index in [1.165, 1.54) is 44.9 Å². The highest BCUT2D eigenvalue weighted by Gasteiger charge is 2.15. The molecular formula is C45H72O5. The van der Waals surface area contributed by atoms with Crippen LogP contribution in [-0.4, -0.2) is 36.4 Å². The number of hydrogen-bond donors (Lipinski definition) is 1. The van der Waals surface area contributed by atoms with Crippen LogP contribution in [0.25, 0.3) is 0 Å². The lowest BCUT2D eigenvalue weighted by molar-refractivity contribution is -0.161. The smallest absolute Gasteiger partial charge is 0.306 e. The molecule has 282 valence electrons. The average molecular weight is 693 g/mol. The summed E-state index contributed by atoms with van der Waals surface area (Å²) in [6.07, 6.45) is 56.1. The first-order valence-electron chi connectivity index (χ1n) is 19.8. The molecule has 0 radical (unpaired) electrons. The fourth-order valence-corrected chi connectivity index (χ4v) is 4.89. The van der Waals surface area contributed by atoms with Gasteiger partial charge >= 0.3 is 11.9 Å². The fourth-order valence-electron chi connectivity index (χ4n) is 4.89. The van der Waals surface area contributed by atoms with Gasteiger partial charge in [0.15, 0.2) is 6.10 Å². The van der Waals surface area contributed by atoms with Gasteiger partial charge in [-0.3, -0.25) is 9.59 Å². The summed E-state index contributed by atoms with van der Waals surface area (Å²) in [6.45, 7) is 3.93. The lowest BCUT2D eigenvalue weighted by Gasteiger charge is -2.15. The molecule has 0 fully saturated rings. The Morgan fingerprint density at radius 2 is 0.880 bits per heavy atom. The lowest BCUT2D eigenvalue weighted by atomic mass is 10.1. The molecule has 5 heteroatoms. The summed E-state index contributed by atoms with van der Waals surface area (Å²) in [5.74, 6) is -0.681. The molecule has 1 unspecified atom stereocenters. The third kappa shape index (κ3) is 37.6. The molecule has 0 aliphatic carbocycles. The Labute approximate surface area is 307 Å². The minimum atomic E-state index is -0.810. The first-order valence-corrected chi connectivity index (χ1v) is 19.8. The number of ether oxygens (including phenoxy) is 2. The van der Waals surface area contributed by atoms with Crippen molar-refractivity contribution in [2.75, 3.05) is 13.2 Å². The predicted octanol–water partition coefficient (Wildman–Crippen LogP) is 12.5. The van der Waals surface area contributed by atoms with Gasteiger partial charge in [-0.1, -0.05) is 150 Å². The molecule has 0 heterocycles. The number of aliphatic hydroxyl groups excluding tert-OH is 1. The Morgan fingerprint density at radius 3 is 1.38 bits per heavy atom. The van der Waals surface area contributed by atoms with E-state index in [4.69, 9.17) is 9.47 Å². The van der Waals surface area contributed by atoms with Crippen LogP contribution in [0.3, 0.4) is 0 Å². The van der Waals surface area contributed by atoms with Crippen LogP contribution in [0.1, 0.15) is 155 Å². The SMILES string of the molecule is CC/C=C\C/C=C\C/C=C\C/C=C\C/C=C\C/C=C\C/C=C\CCCC(=O)OC(CO)COC(=O)CCCCCCC/C=C\CCCCCC. The van der Waals surface area contributed by atoms with E-state index in [1.54, 1.807) is 0 Å². The van der Waals surface area contributed by atoms with E-state index < -0.39 is 6.10 Å². The van der Waals surface area contributed by atoms with Crippen molar-refractivity contribution >= 4 is 11.9 Å². The van der Waals surface area contributed by atoms with Gasteiger partial charge in [0.1, 0.15) is 6.61 Å². The summed E-state index contributed by atoms with van der Waals surface area (Å²) in [7, 11) is 0. The normalized spacial score (nSPS) is 13.3. The standard InChI is InChI=1S/C45H72O5/c1-3-5-7-9-11-13-15-17-18-19-20-21-22-23-24-25-26-28-30-32-34-36-38-40-45(48)50-43(41-46)42-49-44(47)39-37-35-33-31-29-27-16-14-12-10-8-6-4-2/h5,7,11,13-14,16-18,20-21,23-24,26,28,32,34,43,46H,3-4,6,8-10,12,15,19,22,25,27,29-31,33,35-42H2,1-2H3/b7-5-,13-11-,16-14-,18-17-,21-20-,24-23-,28-26-,34-32-. The molecule has 0 saturated heterocycles. The Balaban J connectivity index is 3.75. The lowest BCUT2D eigenvalue weighted by Crippen LogP contribution is -2.28. The monoisotopic (exact) mass is 693 g/mol. The number of hydrogen-bond acceptors (Lipinski definition) is 5. The van der Waals surface area contributed by atoms with Crippen molar-refractivity contribution in [3.05, 3.63) is 97.2 Å². The van der Waals surface area contributed by atoms with E-state index in [1.807, 2.05) is 0 Å². The van der Waals surface area contributed by atoms with E-state index in [0.29, 0.717) is 12.8 Å². The molecule has 0 bridgehead atoms. The Bertz CT molecular complexity index is 1010. The van der Waals surface area contributed by atoms with Crippen LogP contribution in [0.2, 0.25) is 0 Å². The first-order chi connectivity index (χ1) is 24.6. The molecule has 1 atom stereocenters. The van der Waals surface area contributed by atoms with Crippen molar-refractivity contribution in [1.29, 1.82) is 0 Å². The minimum Gasteiger partial charge on any atom is -0.462 e. The number of allylic oxidation sites excluding steroid dienone is 16. The molecule has 50 heavy (non-hydrogen) atoms. The molecule has 0 aromatic heterocycles. The maximum Gasteiger partial charge on any atom is 0.306 e. The topological polar surface area (TPSA) is 72.8 Å². The van der Waals surface area contributed by atoms with Gasteiger partial charge in [0, 0.05) is 12.8 Å². The number of esters is 2. The van der Waals surface area contributed by atoms with Crippen molar-refractivity contribution in [2.45, 2.75) is 161 Å². The number of aliphatic hydroxyl groups is 1. The van der Waals surface area contributed by atoms with E-state index in [0.717, 1.165) is 77.0 Å². The van der Waals surface area contributed by atoms with Crippen LogP contribution < -0.4 is 0 Å². The molecule has 0 saturated carbocycles. The van der Waals surface area contributed by atoms with Gasteiger partial charge in [0.05, 0.1) is 6.61 Å². The van der Waals surface area contributed by atoms with Crippen molar-refractivity contribution in [3.63, 3.8) is 0 Å². The second kappa shape index (κ2) is 40.3. The summed E-state index contributed by atoms with van der Waals surface area (Å²) in [5, 5.41) is 9.54. The van der Waals surface area contributed by atoms with Crippen LogP contribution in [0, 0.1) is 0 Å². The van der Waals surface area contributed by atoms with Gasteiger partial charge in [-0.05, 0) is 89.9 Å². The van der Waals surface area contributed by atoms with Crippen molar-refractivity contribution in [1.82, 2.24) is 0 Å². The molecule has 0 aliphatic rings. The van der Waals surface area contributed by atoms with Crippen LogP contribution >= 0.6 is 0 Å². The molecular weight excluding hydrogens is 620 g/mol. The maximum absolute atomic E-state index is 12.2. The number of carbonyl (C=O) groups is 2. The molecule has 0 aromatic rings. The van der Waals surface area contributed by atoms with Gasteiger partial charge in [-0.25, -0.2) is 0 Å². The highest BCUT2D eigenvalue weighted by atomic mass is 16.6. The van der Waals surface area contributed by atoms with Crippen LogP contribution in [0.15, 0.2) is 97.2 Å². The number of unbranched alkanes of at least 4 members (excludes halogenated alkanes) is 10. The summed E-state index contributed by atoms with van der Waals surface area (Å²) in [4.78, 5) is 24.2. The molecule has 0 amide bonds. The van der Waals surface area contributed by atoms with Crippen LogP contribution in [-0.2, 0) is 19.1 Å². The summed E-state index contributed by atoms with van der Waals surface area (Å²) in [6, 6.07) is 0. The highest BCUT2D eigenvalue weighted by molar-refractivity contribution is 5.70. The molecule has 0 aromatic carbocycles. The van der Waals surface area contributed by atoms with Gasteiger partial charge in [0.2, 0.25) is 0 Å². The second-order valence-corrected chi connectivity index (χ2v) is 12.6. The molecule has 0 spiro atoms. The van der Waals surface area contributed by atoms with Gasteiger partial charge < -0.3 is 14.6 Å². The van der Waals surface area contributed by atoms with Crippen LogP contribution in [0.4, 0.5) is 0 Å².